The van der Waals surface area contributed by atoms with Crippen molar-refractivity contribution in [3.05, 3.63) is 46.2 Å². The number of nitrogens with zero attached hydrogens (tertiary/aromatic N) is 1. The van der Waals surface area contributed by atoms with Gasteiger partial charge in [0.05, 0.1) is 18.9 Å². The van der Waals surface area contributed by atoms with Gasteiger partial charge in [-0.15, -0.1) is 0 Å². The van der Waals surface area contributed by atoms with E-state index in [2.05, 4.69) is 10.6 Å². The molecular weight excluding hydrogens is 330 g/mol. The van der Waals surface area contributed by atoms with Crippen LogP contribution in [0.25, 0.3) is 0 Å². The maximum Gasteiger partial charge on any atom is 0.433 e. The fourth-order valence-corrected chi connectivity index (χ4v) is 1.89. The van der Waals surface area contributed by atoms with Gasteiger partial charge in [-0.25, -0.2) is 0 Å². The van der Waals surface area contributed by atoms with Gasteiger partial charge in [-0.1, -0.05) is 13.8 Å². The molecule has 0 aliphatic rings. The first-order valence-electron chi connectivity index (χ1n) is 7.36. The SMILES string of the molecule is COc1cc(NC(=O)c2ccc([N+](=O)[O-])o2)ccc1NC(=O)C(C)C. The Morgan fingerprint density at radius 1 is 1.20 bits per heavy atom. The third kappa shape index (κ3) is 4.34. The fraction of sp³-hybridized carbons (Fsp3) is 0.250. The van der Waals surface area contributed by atoms with Gasteiger partial charge >= 0.3 is 5.88 Å². The first kappa shape index (κ1) is 18.0. The van der Waals surface area contributed by atoms with E-state index in [1.807, 2.05) is 0 Å². The van der Waals surface area contributed by atoms with Gasteiger partial charge in [0.15, 0.2) is 5.76 Å². The zero-order valence-corrected chi connectivity index (χ0v) is 13.9. The molecule has 0 aliphatic heterocycles. The maximum atomic E-state index is 12.1. The Morgan fingerprint density at radius 2 is 1.92 bits per heavy atom. The van der Waals surface area contributed by atoms with Crippen LogP contribution in [0, 0.1) is 16.0 Å². The molecule has 2 amide bonds. The van der Waals surface area contributed by atoms with E-state index in [0.717, 1.165) is 6.07 Å². The Labute approximate surface area is 143 Å². The van der Waals surface area contributed by atoms with Crippen molar-refractivity contribution in [1.29, 1.82) is 0 Å². The second kappa shape index (κ2) is 7.47. The molecule has 0 spiro atoms. The number of amides is 2. The quantitative estimate of drug-likeness (QED) is 0.611. The molecule has 0 atom stereocenters. The highest BCUT2D eigenvalue weighted by molar-refractivity contribution is 6.03. The molecule has 2 N–H and O–H groups in total. The molecule has 9 nitrogen and oxygen atoms in total. The minimum absolute atomic E-state index is 0.169. The summed E-state index contributed by atoms with van der Waals surface area (Å²) in [6.45, 7) is 3.53. The van der Waals surface area contributed by atoms with Crippen molar-refractivity contribution in [3.8, 4) is 5.75 Å². The molecule has 0 aliphatic carbocycles. The second-order valence-electron chi connectivity index (χ2n) is 5.41. The molecule has 0 unspecified atom stereocenters. The Balaban J connectivity index is 2.15. The molecule has 9 heteroatoms. The van der Waals surface area contributed by atoms with Crippen LogP contribution in [0.2, 0.25) is 0 Å². The monoisotopic (exact) mass is 347 g/mol. The van der Waals surface area contributed by atoms with Crippen molar-refractivity contribution < 1.29 is 23.7 Å². The normalized spacial score (nSPS) is 10.4. The van der Waals surface area contributed by atoms with Gasteiger partial charge in [-0.3, -0.25) is 19.7 Å². The number of rotatable bonds is 6. The number of hydrogen-bond acceptors (Lipinski definition) is 6. The lowest BCUT2D eigenvalue weighted by molar-refractivity contribution is -0.402. The second-order valence-corrected chi connectivity index (χ2v) is 5.41. The first-order valence-corrected chi connectivity index (χ1v) is 7.36. The third-order valence-corrected chi connectivity index (χ3v) is 3.24. The van der Waals surface area contributed by atoms with Gasteiger partial charge < -0.3 is 19.8 Å². The first-order chi connectivity index (χ1) is 11.8. The minimum atomic E-state index is -0.730. The Kier molecular flexibility index (Phi) is 5.38. The van der Waals surface area contributed by atoms with Crippen molar-refractivity contribution in [2.75, 3.05) is 17.7 Å². The number of carbonyl (C=O) groups excluding carboxylic acids is 2. The van der Waals surface area contributed by atoms with Crippen LogP contribution < -0.4 is 15.4 Å². The summed E-state index contributed by atoms with van der Waals surface area (Å²) in [6.07, 6.45) is 0. The molecule has 0 fully saturated rings. The van der Waals surface area contributed by atoms with E-state index in [1.54, 1.807) is 26.0 Å². The van der Waals surface area contributed by atoms with Crippen molar-refractivity contribution in [2.45, 2.75) is 13.8 Å². The van der Waals surface area contributed by atoms with Gasteiger partial charge in [0.2, 0.25) is 5.91 Å². The molecule has 0 bridgehead atoms. The molecular formula is C16H17N3O6. The topological polar surface area (TPSA) is 124 Å². The lowest BCUT2D eigenvalue weighted by Crippen LogP contribution is -2.18. The van der Waals surface area contributed by atoms with Crippen LogP contribution in [0.15, 0.2) is 34.7 Å². The summed E-state index contributed by atoms with van der Waals surface area (Å²) in [5, 5.41) is 15.8. The highest BCUT2D eigenvalue weighted by atomic mass is 16.6. The Bertz CT molecular complexity index is 812. The summed E-state index contributed by atoms with van der Waals surface area (Å²) >= 11 is 0. The number of methoxy groups -OCH3 is 1. The molecule has 1 aromatic heterocycles. The number of anilines is 2. The van der Waals surface area contributed by atoms with E-state index in [1.165, 1.54) is 19.2 Å². The predicted octanol–water partition coefficient (Wildman–Crippen LogP) is 3.04. The van der Waals surface area contributed by atoms with Crippen molar-refractivity contribution in [1.82, 2.24) is 0 Å². The van der Waals surface area contributed by atoms with E-state index < -0.39 is 16.7 Å². The van der Waals surface area contributed by atoms with E-state index in [4.69, 9.17) is 9.15 Å². The molecule has 25 heavy (non-hydrogen) atoms. The van der Waals surface area contributed by atoms with E-state index in [-0.39, 0.29) is 17.6 Å². The van der Waals surface area contributed by atoms with E-state index >= 15 is 0 Å². The number of nitro groups is 1. The van der Waals surface area contributed by atoms with Crippen LogP contribution >= 0.6 is 0 Å². The Morgan fingerprint density at radius 3 is 2.48 bits per heavy atom. The lowest BCUT2D eigenvalue weighted by Gasteiger charge is -2.13. The van der Waals surface area contributed by atoms with Crippen LogP contribution in [-0.2, 0) is 4.79 Å². The fourth-order valence-electron chi connectivity index (χ4n) is 1.89. The number of benzene rings is 1. The van der Waals surface area contributed by atoms with Crippen molar-refractivity contribution in [2.24, 2.45) is 5.92 Å². The summed E-state index contributed by atoms with van der Waals surface area (Å²) in [5.41, 5.74) is 0.844. The average Bonchev–Trinajstić information content (AvgIpc) is 3.06. The summed E-state index contributed by atoms with van der Waals surface area (Å²) in [4.78, 5) is 33.7. The molecule has 0 saturated heterocycles. The Hall–Kier alpha value is -3.36. The van der Waals surface area contributed by atoms with Crippen molar-refractivity contribution >= 4 is 29.1 Å². The van der Waals surface area contributed by atoms with Gasteiger partial charge in [0.1, 0.15) is 10.7 Å². The molecule has 1 aromatic carbocycles. The lowest BCUT2D eigenvalue weighted by atomic mass is 10.2. The zero-order chi connectivity index (χ0) is 18.6. The predicted molar refractivity (Wildman–Crippen MR) is 89.8 cm³/mol. The van der Waals surface area contributed by atoms with E-state index in [9.17, 15) is 19.7 Å². The molecule has 1 heterocycles. The van der Waals surface area contributed by atoms with Crippen LogP contribution in [0.4, 0.5) is 17.3 Å². The van der Waals surface area contributed by atoms with E-state index in [0.29, 0.717) is 17.1 Å². The number of furan rings is 1. The summed E-state index contributed by atoms with van der Waals surface area (Å²) in [6, 6.07) is 6.97. The van der Waals surface area contributed by atoms with Gasteiger partial charge in [0, 0.05) is 17.7 Å². The highest BCUT2D eigenvalue weighted by Gasteiger charge is 2.18. The third-order valence-electron chi connectivity index (χ3n) is 3.24. The number of carbonyl (C=O) groups is 2. The molecule has 0 saturated carbocycles. The molecule has 132 valence electrons. The van der Waals surface area contributed by atoms with Gasteiger partial charge in [-0.05, 0) is 18.2 Å². The molecule has 0 radical (unpaired) electrons. The van der Waals surface area contributed by atoms with Crippen LogP contribution in [0.1, 0.15) is 24.4 Å². The largest absolute Gasteiger partial charge is 0.494 e. The summed E-state index contributed by atoms with van der Waals surface area (Å²) in [7, 11) is 1.43. The molecule has 2 rings (SSSR count). The maximum absolute atomic E-state index is 12.1. The standard InChI is InChI=1S/C16H17N3O6/c1-9(2)15(20)18-11-5-4-10(8-13(11)24-3)17-16(21)12-6-7-14(25-12)19(22)23/h4-9H,1-3H3,(H,17,21)(H,18,20). The average molecular weight is 347 g/mol. The number of ether oxygens (including phenoxy) is 1. The summed E-state index contributed by atoms with van der Waals surface area (Å²) < 4.78 is 10.0. The number of hydrogen-bond donors (Lipinski definition) is 2. The van der Waals surface area contributed by atoms with Crippen LogP contribution in [0.3, 0.4) is 0 Å². The zero-order valence-electron chi connectivity index (χ0n) is 13.9. The van der Waals surface area contributed by atoms with Crippen LogP contribution in [0.5, 0.6) is 5.75 Å². The minimum Gasteiger partial charge on any atom is -0.494 e. The number of nitrogens with one attached hydrogen (secondary N) is 2. The van der Waals surface area contributed by atoms with Crippen molar-refractivity contribution in [3.63, 3.8) is 0 Å². The van der Waals surface area contributed by atoms with Crippen LogP contribution in [-0.4, -0.2) is 23.8 Å². The summed E-state index contributed by atoms with van der Waals surface area (Å²) in [5.74, 6) is -1.36. The van der Waals surface area contributed by atoms with Gasteiger partial charge in [-0.2, -0.15) is 0 Å². The highest BCUT2D eigenvalue weighted by Crippen LogP contribution is 2.29. The molecule has 2 aromatic rings. The smallest absolute Gasteiger partial charge is 0.433 e. The van der Waals surface area contributed by atoms with Gasteiger partial charge in [0.25, 0.3) is 5.91 Å².